The fraction of sp³-hybridized carbons (Fsp3) is 0.0909. The molecule has 0 aliphatic heterocycles. The van der Waals surface area contributed by atoms with Crippen molar-refractivity contribution < 1.29 is 0 Å². The van der Waals surface area contributed by atoms with Crippen LogP contribution in [0.25, 0.3) is 5.69 Å². The van der Waals surface area contributed by atoms with Crippen molar-refractivity contribution in [1.29, 1.82) is 0 Å². The lowest BCUT2D eigenvalue weighted by Crippen LogP contribution is -2.35. The molecule has 0 spiro atoms. The molecule has 0 amide bonds. The third kappa shape index (κ3) is 2.30. The summed E-state index contributed by atoms with van der Waals surface area (Å²) in [5.41, 5.74) is -0.0898. The molecule has 2 rings (SSSR count). The minimum Gasteiger partial charge on any atom is -0.297 e. The number of aromatic amines is 1. The van der Waals surface area contributed by atoms with Gasteiger partial charge in [-0.25, -0.2) is 9.36 Å². The molecule has 0 radical (unpaired) electrons. The maximum Gasteiger partial charge on any atom is 0.334 e. The second kappa shape index (κ2) is 4.66. The normalized spacial score (nSPS) is 10.5. The molecular weight excluding hydrogens is 354 g/mol. The van der Waals surface area contributed by atoms with Crippen LogP contribution in [0.3, 0.4) is 0 Å². The Morgan fingerprint density at radius 1 is 1.24 bits per heavy atom. The molecule has 1 N–H and O–H groups in total. The van der Waals surface area contributed by atoms with Crippen molar-refractivity contribution in [3.05, 3.63) is 59.4 Å². The van der Waals surface area contributed by atoms with E-state index in [0.29, 0.717) is 11.3 Å². The summed E-state index contributed by atoms with van der Waals surface area (Å²) in [6, 6.07) is 7.08. The van der Waals surface area contributed by atoms with E-state index in [4.69, 9.17) is 11.6 Å². The van der Waals surface area contributed by atoms with Gasteiger partial charge in [0.1, 0.15) is 5.15 Å². The van der Waals surface area contributed by atoms with E-state index < -0.39 is 11.2 Å². The van der Waals surface area contributed by atoms with Crippen molar-refractivity contribution in [3.8, 4) is 5.69 Å². The molecule has 0 saturated carbocycles. The summed E-state index contributed by atoms with van der Waals surface area (Å²) in [7, 11) is 0. The Hall–Kier alpha value is -1.08. The van der Waals surface area contributed by atoms with Crippen LogP contribution >= 0.6 is 34.2 Å². The van der Waals surface area contributed by atoms with E-state index in [1.54, 1.807) is 19.1 Å². The number of rotatable bonds is 1. The van der Waals surface area contributed by atoms with Crippen molar-refractivity contribution in [1.82, 2.24) is 9.55 Å². The summed E-state index contributed by atoms with van der Waals surface area (Å²) in [5, 5.41) is 0.0850. The standard InChI is InChI=1S/C11H8ClIN2O2/c1-6-9(12)14-11(17)15(10(6)16)8-4-2-7(13)3-5-8/h2-5H,1H3,(H,14,17). The highest BCUT2D eigenvalue weighted by Crippen LogP contribution is 2.09. The number of hydrogen-bond donors (Lipinski definition) is 1. The van der Waals surface area contributed by atoms with Crippen molar-refractivity contribution in [2.24, 2.45) is 0 Å². The Bertz CT molecular complexity index is 673. The summed E-state index contributed by atoms with van der Waals surface area (Å²) in [4.78, 5) is 26.1. The zero-order chi connectivity index (χ0) is 12.6. The number of nitrogens with zero attached hydrogens (tertiary/aromatic N) is 1. The molecule has 0 unspecified atom stereocenters. The summed E-state index contributed by atoms with van der Waals surface area (Å²) in [5.74, 6) is 0. The predicted octanol–water partition coefficient (Wildman–Crippen LogP) is 2.09. The van der Waals surface area contributed by atoms with Crippen molar-refractivity contribution in [2.45, 2.75) is 6.92 Å². The van der Waals surface area contributed by atoms with E-state index in [1.807, 2.05) is 12.1 Å². The molecule has 0 atom stereocenters. The first kappa shape index (κ1) is 12.4. The van der Waals surface area contributed by atoms with Gasteiger partial charge in [0.25, 0.3) is 5.56 Å². The van der Waals surface area contributed by atoms with Gasteiger partial charge in [-0.1, -0.05) is 11.6 Å². The molecule has 0 aliphatic rings. The van der Waals surface area contributed by atoms with Crippen LogP contribution in [0.2, 0.25) is 5.15 Å². The SMILES string of the molecule is Cc1c(Cl)[nH]c(=O)n(-c2ccc(I)cc2)c1=O. The van der Waals surface area contributed by atoms with Gasteiger partial charge in [-0.15, -0.1) is 0 Å². The Morgan fingerprint density at radius 2 is 1.82 bits per heavy atom. The monoisotopic (exact) mass is 362 g/mol. The van der Waals surface area contributed by atoms with Gasteiger partial charge in [0.2, 0.25) is 0 Å². The fourth-order valence-corrected chi connectivity index (χ4v) is 1.94. The molecule has 6 heteroatoms. The molecule has 1 heterocycles. The number of nitrogens with one attached hydrogen (secondary N) is 1. The van der Waals surface area contributed by atoms with Gasteiger partial charge >= 0.3 is 5.69 Å². The number of hydrogen-bond acceptors (Lipinski definition) is 2. The van der Waals surface area contributed by atoms with Crippen LogP contribution in [0.4, 0.5) is 0 Å². The van der Waals surface area contributed by atoms with Gasteiger partial charge < -0.3 is 0 Å². The molecule has 0 fully saturated rings. The summed E-state index contributed by atoms with van der Waals surface area (Å²) >= 11 is 7.88. The zero-order valence-corrected chi connectivity index (χ0v) is 11.7. The van der Waals surface area contributed by atoms with Crippen LogP contribution in [-0.4, -0.2) is 9.55 Å². The van der Waals surface area contributed by atoms with E-state index in [0.717, 1.165) is 8.14 Å². The third-order valence-electron chi connectivity index (χ3n) is 2.36. The topological polar surface area (TPSA) is 54.9 Å². The van der Waals surface area contributed by atoms with E-state index in [2.05, 4.69) is 27.6 Å². The fourth-order valence-electron chi connectivity index (χ4n) is 1.42. The lowest BCUT2D eigenvalue weighted by molar-refractivity contribution is 0.860. The maximum absolute atomic E-state index is 12.0. The minimum absolute atomic E-state index is 0.0850. The largest absolute Gasteiger partial charge is 0.334 e. The second-order valence-electron chi connectivity index (χ2n) is 3.49. The quantitative estimate of drug-likeness (QED) is 0.624. The smallest absolute Gasteiger partial charge is 0.297 e. The minimum atomic E-state index is -0.535. The van der Waals surface area contributed by atoms with Crippen LogP contribution in [0.15, 0.2) is 33.9 Å². The molecular formula is C11H8ClIN2O2. The maximum atomic E-state index is 12.0. The molecule has 17 heavy (non-hydrogen) atoms. The van der Waals surface area contributed by atoms with Gasteiger partial charge in [0, 0.05) is 3.57 Å². The highest BCUT2D eigenvalue weighted by Gasteiger charge is 2.10. The average Bonchev–Trinajstić information content (AvgIpc) is 2.29. The number of aromatic nitrogens is 2. The van der Waals surface area contributed by atoms with E-state index in [1.165, 1.54) is 0 Å². The molecule has 0 bridgehead atoms. The van der Waals surface area contributed by atoms with E-state index >= 15 is 0 Å². The summed E-state index contributed by atoms with van der Waals surface area (Å²) in [6.45, 7) is 1.57. The second-order valence-corrected chi connectivity index (χ2v) is 5.11. The molecule has 4 nitrogen and oxygen atoms in total. The van der Waals surface area contributed by atoms with Crippen LogP contribution in [0, 0.1) is 10.5 Å². The Morgan fingerprint density at radius 3 is 2.41 bits per heavy atom. The van der Waals surface area contributed by atoms with Gasteiger partial charge in [-0.05, 0) is 53.8 Å². The van der Waals surface area contributed by atoms with E-state index in [-0.39, 0.29) is 5.15 Å². The van der Waals surface area contributed by atoms with Gasteiger partial charge in [-0.3, -0.25) is 9.78 Å². The van der Waals surface area contributed by atoms with Crippen molar-refractivity contribution >= 4 is 34.2 Å². The predicted molar refractivity (Wildman–Crippen MR) is 75.1 cm³/mol. The third-order valence-corrected chi connectivity index (χ3v) is 3.45. The highest BCUT2D eigenvalue weighted by molar-refractivity contribution is 14.1. The lowest BCUT2D eigenvalue weighted by Gasteiger charge is -2.06. The summed E-state index contributed by atoms with van der Waals surface area (Å²) in [6.07, 6.45) is 0. The number of H-pyrrole nitrogens is 1. The first-order valence-corrected chi connectivity index (χ1v) is 6.24. The molecule has 1 aromatic carbocycles. The summed E-state index contributed by atoms with van der Waals surface area (Å²) < 4.78 is 2.10. The van der Waals surface area contributed by atoms with E-state index in [9.17, 15) is 9.59 Å². The Balaban J connectivity index is 2.77. The molecule has 0 saturated heterocycles. The Kier molecular flexibility index (Phi) is 3.39. The Labute approximate surface area is 115 Å². The highest BCUT2D eigenvalue weighted by atomic mass is 127. The van der Waals surface area contributed by atoms with Crippen LogP contribution in [0.1, 0.15) is 5.56 Å². The zero-order valence-electron chi connectivity index (χ0n) is 8.83. The van der Waals surface area contributed by atoms with Crippen LogP contribution in [0.5, 0.6) is 0 Å². The van der Waals surface area contributed by atoms with Crippen molar-refractivity contribution in [3.63, 3.8) is 0 Å². The first-order valence-electron chi connectivity index (χ1n) is 4.78. The number of benzene rings is 1. The molecule has 1 aromatic heterocycles. The molecule has 0 aliphatic carbocycles. The van der Waals surface area contributed by atoms with Crippen molar-refractivity contribution in [2.75, 3.05) is 0 Å². The van der Waals surface area contributed by atoms with Gasteiger partial charge in [-0.2, -0.15) is 0 Å². The van der Waals surface area contributed by atoms with Crippen LogP contribution < -0.4 is 11.2 Å². The van der Waals surface area contributed by atoms with Gasteiger partial charge in [0.05, 0.1) is 11.3 Å². The number of halogens is 2. The first-order chi connectivity index (χ1) is 8.00. The molecule has 2 aromatic rings. The lowest BCUT2D eigenvalue weighted by atomic mass is 10.3. The van der Waals surface area contributed by atoms with Crippen LogP contribution in [-0.2, 0) is 0 Å². The average molecular weight is 363 g/mol. The van der Waals surface area contributed by atoms with Gasteiger partial charge in [0.15, 0.2) is 0 Å². The molecule has 88 valence electrons.